The minimum Gasteiger partial charge on any atom is -1.00 e. The van der Waals surface area contributed by atoms with Gasteiger partial charge in [0.25, 0.3) is 0 Å². The van der Waals surface area contributed by atoms with Crippen molar-refractivity contribution in [2.24, 2.45) is 0 Å². The first-order valence-electron chi connectivity index (χ1n) is 10.2. The molecule has 1 aliphatic rings. The summed E-state index contributed by atoms with van der Waals surface area (Å²) in [5.41, 5.74) is 11.1. The molecule has 0 fully saturated rings. The van der Waals surface area contributed by atoms with Crippen molar-refractivity contribution in [3.63, 3.8) is 0 Å². The molecule has 0 saturated heterocycles. The zero-order valence-electron chi connectivity index (χ0n) is 17.9. The summed E-state index contributed by atoms with van der Waals surface area (Å²) < 4.78 is 1.38. The average molecular weight is 514 g/mol. The Balaban J connectivity index is 0.00000121. The molecular weight excluding hydrogens is 491 g/mol. The second kappa shape index (κ2) is 11.1. The first-order chi connectivity index (χ1) is 14.1. The largest absolute Gasteiger partial charge is 1.00 e. The normalized spacial score (nSPS) is 13.3. The molecule has 0 nitrogen and oxygen atoms in total. The van der Waals surface area contributed by atoms with E-state index in [1.165, 1.54) is 48.4 Å². The Morgan fingerprint density at radius 1 is 0.625 bits per heavy atom. The zero-order valence-corrected chi connectivity index (χ0v) is 21.8. The van der Waals surface area contributed by atoms with E-state index in [9.17, 15) is 0 Å². The van der Waals surface area contributed by atoms with Gasteiger partial charge >= 0.3 is 185 Å². The Kier molecular flexibility index (Phi) is 9.23. The minimum atomic E-state index is 0. The van der Waals surface area contributed by atoms with E-state index in [4.69, 9.17) is 0 Å². The Morgan fingerprint density at radius 3 is 1.75 bits per heavy atom. The zero-order chi connectivity index (χ0) is 20.0. The molecule has 4 aromatic carbocycles. The molecule has 1 atom stereocenters. The fourth-order valence-corrected chi connectivity index (χ4v) is 5.56. The van der Waals surface area contributed by atoms with Gasteiger partial charge in [-0.2, -0.15) is 0 Å². The molecule has 0 bridgehead atoms. The summed E-state index contributed by atoms with van der Waals surface area (Å²) in [6.07, 6.45) is 0. The Bertz CT molecular complexity index is 1170. The SMILES string of the molecule is Cc1cccc(C(c2cccc(C)c2)C2c3ccccc3-c3ccc[c]([Ti+3])c32)c1.[Cl-].[Cl-].[Cl-]. The first kappa shape index (κ1) is 26.7. The first-order valence-corrected chi connectivity index (χ1v) is 11.0. The molecule has 4 aromatic rings. The molecule has 32 heavy (non-hydrogen) atoms. The molecule has 0 aromatic heterocycles. The Hall–Kier alpha value is -1.54. The molecule has 0 heterocycles. The number of benzene rings is 4. The van der Waals surface area contributed by atoms with E-state index >= 15 is 0 Å². The van der Waals surface area contributed by atoms with Crippen molar-refractivity contribution in [2.45, 2.75) is 25.7 Å². The van der Waals surface area contributed by atoms with Crippen LogP contribution in [0, 0.1) is 13.8 Å². The summed E-state index contributed by atoms with van der Waals surface area (Å²) in [5.74, 6) is 0.615. The summed E-state index contributed by atoms with van der Waals surface area (Å²) in [6.45, 7) is 4.39. The van der Waals surface area contributed by atoms with Crippen LogP contribution < -0.4 is 41.1 Å². The van der Waals surface area contributed by atoms with Crippen LogP contribution in [0.1, 0.15) is 45.2 Å². The van der Waals surface area contributed by atoms with Gasteiger partial charge in [-0.15, -0.1) is 0 Å². The van der Waals surface area contributed by atoms with Gasteiger partial charge in [-0.25, -0.2) is 0 Å². The number of hydrogen-bond donors (Lipinski definition) is 0. The molecule has 1 aliphatic carbocycles. The third kappa shape index (κ3) is 4.72. The maximum absolute atomic E-state index is 2.37. The van der Waals surface area contributed by atoms with E-state index in [0.717, 1.165) is 0 Å². The van der Waals surface area contributed by atoms with Gasteiger partial charge in [0.2, 0.25) is 0 Å². The molecule has 160 valence electrons. The van der Waals surface area contributed by atoms with E-state index in [0.29, 0.717) is 11.8 Å². The number of hydrogen-bond acceptors (Lipinski definition) is 0. The summed E-state index contributed by atoms with van der Waals surface area (Å²) in [5, 5.41) is 0. The van der Waals surface area contributed by atoms with Crippen LogP contribution in [0.4, 0.5) is 0 Å². The maximum atomic E-state index is 2.37. The van der Waals surface area contributed by atoms with Crippen molar-refractivity contribution in [3.05, 3.63) is 124 Å². The van der Waals surface area contributed by atoms with Crippen molar-refractivity contribution in [3.8, 4) is 11.1 Å². The smallest absolute Gasteiger partial charge is 1.00 e. The minimum absolute atomic E-state index is 0. The molecule has 0 aliphatic heterocycles. The van der Waals surface area contributed by atoms with E-state index in [1.54, 1.807) is 0 Å². The number of aryl methyl sites for hydroxylation is 2. The predicted molar refractivity (Wildman–Crippen MR) is 118 cm³/mol. The van der Waals surface area contributed by atoms with Crippen LogP contribution in [0.25, 0.3) is 11.1 Å². The number of halogens is 3. The second-order valence-corrected chi connectivity index (χ2v) is 8.98. The van der Waals surface area contributed by atoms with Crippen molar-refractivity contribution >= 4 is 3.87 Å². The van der Waals surface area contributed by atoms with E-state index in [1.807, 2.05) is 0 Å². The molecule has 0 amide bonds. The number of rotatable bonds is 3. The van der Waals surface area contributed by atoms with Crippen LogP contribution in [0.2, 0.25) is 0 Å². The van der Waals surface area contributed by atoms with Gasteiger partial charge in [0, 0.05) is 0 Å². The Morgan fingerprint density at radius 2 is 1.16 bits per heavy atom. The summed E-state index contributed by atoms with van der Waals surface area (Å²) in [6, 6.07) is 33.9. The fraction of sp³-hybridized carbons (Fsp3) is 0.143. The molecular formula is C28H23Cl3Ti. The van der Waals surface area contributed by atoms with Crippen molar-refractivity contribution in [1.82, 2.24) is 0 Å². The fourth-order valence-electron chi connectivity index (χ4n) is 4.95. The third-order valence-corrected chi connectivity index (χ3v) is 6.82. The van der Waals surface area contributed by atoms with Crippen LogP contribution in [-0.2, 0) is 20.4 Å². The summed E-state index contributed by atoms with van der Waals surface area (Å²) in [7, 11) is 0. The van der Waals surface area contributed by atoms with Crippen LogP contribution in [0.5, 0.6) is 0 Å². The topological polar surface area (TPSA) is 0 Å². The quantitative estimate of drug-likeness (QED) is 0.265. The molecule has 1 unspecified atom stereocenters. The summed E-state index contributed by atoms with van der Waals surface area (Å²) in [4.78, 5) is 0. The van der Waals surface area contributed by atoms with Crippen LogP contribution in [-0.4, -0.2) is 0 Å². The standard InChI is InChI=1S/C28H23.3ClH.Ti/c1-19-9-7-11-21(17-19)27(22-12-8-10-20(2)18-22)28-25-15-5-3-13-23(25)24-14-4-6-16-26(24)28;;;;/h3-15,17-18,27-28H,1-2H3;3*1H;/q;;;;+3/p-3. The third-order valence-electron chi connectivity index (χ3n) is 6.14. The molecule has 0 saturated carbocycles. The van der Waals surface area contributed by atoms with Crippen LogP contribution in [0.3, 0.4) is 0 Å². The molecule has 0 radical (unpaired) electrons. The van der Waals surface area contributed by atoms with Gasteiger partial charge in [0.05, 0.1) is 0 Å². The van der Waals surface area contributed by atoms with E-state index in [-0.39, 0.29) is 37.2 Å². The van der Waals surface area contributed by atoms with Gasteiger partial charge in [-0.05, 0) is 0 Å². The van der Waals surface area contributed by atoms with Crippen molar-refractivity contribution in [2.75, 3.05) is 0 Å². The molecule has 5 rings (SSSR count). The van der Waals surface area contributed by atoms with Gasteiger partial charge in [0.1, 0.15) is 0 Å². The van der Waals surface area contributed by atoms with Crippen LogP contribution in [0.15, 0.2) is 91.0 Å². The number of fused-ring (bicyclic) bond motifs is 3. The average Bonchev–Trinajstić information content (AvgIpc) is 3.05. The molecule has 0 N–H and O–H groups in total. The predicted octanol–water partition coefficient (Wildman–Crippen LogP) is -2.57. The van der Waals surface area contributed by atoms with E-state index in [2.05, 4.69) is 125 Å². The van der Waals surface area contributed by atoms with Gasteiger partial charge in [-0.3, -0.25) is 0 Å². The van der Waals surface area contributed by atoms with Crippen LogP contribution >= 0.6 is 0 Å². The van der Waals surface area contributed by atoms with Crippen molar-refractivity contribution in [1.29, 1.82) is 0 Å². The monoisotopic (exact) mass is 512 g/mol. The van der Waals surface area contributed by atoms with E-state index < -0.39 is 0 Å². The van der Waals surface area contributed by atoms with Gasteiger partial charge in [-0.1, -0.05) is 0 Å². The second-order valence-electron chi connectivity index (χ2n) is 8.14. The molecule has 0 spiro atoms. The maximum Gasteiger partial charge on any atom is -1.00 e. The summed E-state index contributed by atoms with van der Waals surface area (Å²) >= 11 is 2.27. The van der Waals surface area contributed by atoms with Gasteiger partial charge < -0.3 is 37.2 Å². The van der Waals surface area contributed by atoms with Gasteiger partial charge in [0.15, 0.2) is 0 Å². The molecule has 4 heteroatoms. The van der Waals surface area contributed by atoms with Crippen molar-refractivity contribution < 1.29 is 57.7 Å². The Labute approximate surface area is 221 Å².